The van der Waals surface area contributed by atoms with E-state index in [0.717, 1.165) is 134 Å². The van der Waals surface area contributed by atoms with Crippen LogP contribution in [0, 0.1) is 0 Å². The Labute approximate surface area is 635 Å². The van der Waals surface area contributed by atoms with E-state index in [4.69, 9.17) is 39.4 Å². The lowest BCUT2D eigenvalue weighted by molar-refractivity contribution is 0.436. The van der Waals surface area contributed by atoms with Crippen LogP contribution < -0.4 is 9.47 Å². The summed E-state index contributed by atoms with van der Waals surface area (Å²) in [7, 11) is 0. The van der Waals surface area contributed by atoms with E-state index in [1.807, 2.05) is 30.3 Å². The summed E-state index contributed by atoms with van der Waals surface area (Å²) in [5, 5.41) is 2.24. The van der Waals surface area contributed by atoms with E-state index in [0.29, 0.717) is 34.9 Å². The van der Waals surface area contributed by atoms with Gasteiger partial charge >= 0.3 is 0 Å². The van der Waals surface area contributed by atoms with E-state index < -0.39 is 10.8 Å². The smallest absolute Gasteiger partial charge is 0.164 e. The van der Waals surface area contributed by atoms with Gasteiger partial charge in [0.15, 0.2) is 34.9 Å². The van der Waals surface area contributed by atoms with Gasteiger partial charge in [-0.1, -0.05) is 315 Å². The van der Waals surface area contributed by atoms with Crippen LogP contribution >= 0.6 is 0 Å². The van der Waals surface area contributed by atoms with E-state index in [1.165, 1.54) is 44.5 Å². The SMILES string of the molecule is c1ccc(-c2nc(-c3ccc(-c4cccc(-c5ccccc5-c5nc(-c6cccc(-c7ccc8c(c7)C7(c9ccccc9O8)c8ccccc8-c8ccccc87)c6)nc(-c6ccc7ccccc7c6)n5)c4)cc3)nc(-c3cccc(-c4ccc5c(c4)C4(c6ccccc6O5)c5ccccc5-c5ccccc54)c3)n2)cc1. The molecule has 0 saturated carbocycles. The minimum Gasteiger partial charge on any atom is -0.457 e. The zero-order valence-corrected chi connectivity index (χ0v) is 59.3. The van der Waals surface area contributed by atoms with Crippen molar-refractivity contribution in [3.8, 4) is 158 Å². The first kappa shape index (κ1) is 62.7. The third-order valence-corrected chi connectivity index (χ3v) is 22.7. The summed E-state index contributed by atoms with van der Waals surface area (Å²) in [6.45, 7) is 0. The number of benzene rings is 16. The molecule has 0 saturated heterocycles. The van der Waals surface area contributed by atoms with Gasteiger partial charge in [0.2, 0.25) is 0 Å². The minimum atomic E-state index is -0.604. The topological polar surface area (TPSA) is 95.8 Å². The van der Waals surface area contributed by atoms with E-state index >= 15 is 0 Å². The normalized spacial score (nSPS) is 13.2. The van der Waals surface area contributed by atoms with Crippen LogP contribution in [0.3, 0.4) is 0 Å². The number of hydrogen-bond donors (Lipinski definition) is 0. The van der Waals surface area contributed by atoms with Gasteiger partial charge in [-0.2, -0.15) is 0 Å². The van der Waals surface area contributed by atoms with Crippen molar-refractivity contribution in [3.63, 3.8) is 0 Å². The average Bonchev–Trinajstić information content (AvgIpc) is 1.50. The highest BCUT2D eigenvalue weighted by Crippen LogP contribution is 2.64. The molecule has 2 aromatic heterocycles. The number of para-hydroxylation sites is 2. The molecule has 0 fully saturated rings. The van der Waals surface area contributed by atoms with Crippen molar-refractivity contribution < 1.29 is 9.47 Å². The van der Waals surface area contributed by atoms with Gasteiger partial charge in [0.05, 0.1) is 10.8 Å². The number of fused-ring (bicyclic) bond motifs is 19. The zero-order valence-electron chi connectivity index (χ0n) is 59.3. The number of hydrogen-bond acceptors (Lipinski definition) is 8. The van der Waals surface area contributed by atoms with Crippen LogP contribution in [0.5, 0.6) is 23.0 Å². The molecule has 4 heterocycles. The van der Waals surface area contributed by atoms with Gasteiger partial charge < -0.3 is 9.47 Å². The lowest BCUT2D eigenvalue weighted by Gasteiger charge is -2.39. The number of rotatable bonds is 10. The van der Waals surface area contributed by atoms with Crippen LogP contribution in [0.4, 0.5) is 0 Å². The van der Waals surface area contributed by atoms with Crippen molar-refractivity contribution in [1.82, 2.24) is 29.9 Å². The first-order valence-corrected chi connectivity index (χ1v) is 37.3. The monoisotopic (exact) mass is 1400 g/mol. The van der Waals surface area contributed by atoms with Crippen molar-refractivity contribution in [2.45, 2.75) is 10.8 Å². The number of aromatic nitrogens is 6. The fourth-order valence-electron chi connectivity index (χ4n) is 17.8. The summed E-state index contributed by atoms with van der Waals surface area (Å²) >= 11 is 0. The summed E-state index contributed by atoms with van der Waals surface area (Å²) in [6, 6.07) is 133. The molecular weight excluding hydrogens is 1340 g/mol. The molecule has 2 spiro atoms. The molecule has 0 unspecified atom stereocenters. The van der Waals surface area contributed by atoms with Crippen molar-refractivity contribution in [2.75, 3.05) is 0 Å². The highest BCUT2D eigenvalue weighted by Gasteiger charge is 2.53. The largest absolute Gasteiger partial charge is 0.457 e. The summed E-state index contributed by atoms with van der Waals surface area (Å²) in [6.07, 6.45) is 0. The third-order valence-electron chi connectivity index (χ3n) is 22.7. The Morgan fingerprint density at radius 3 is 0.955 bits per heavy atom. The molecule has 22 rings (SSSR count). The fraction of sp³-hybridized carbons (Fsp3) is 0.0196. The molecule has 0 bridgehead atoms. The van der Waals surface area contributed by atoms with Gasteiger partial charge in [-0.15, -0.1) is 0 Å². The molecule has 8 heteroatoms. The first-order chi connectivity index (χ1) is 54.5. The second-order valence-corrected chi connectivity index (χ2v) is 28.7. The maximum atomic E-state index is 6.85. The Hall–Kier alpha value is -14.6. The van der Waals surface area contributed by atoms with Crippen molar-refractivity contribution in [2.24, 2.45) is 0 Å². The standard InChI is InChI=1S/C102H62N6O2/c1-2-24-65(25-3-1)95-103-96(105-97(104-95)74-31-21-28-69(59-74)71-53-55-93-89(61-71)101(87-43-16-18-45-91(87)109-93)83-39-12-8-34-78(83)79-35-9-13-40-84(79)101)66-50-47-64(48-51-66)68-27-20-30-73(57-68)77-33-6-7-38-82(77)100-107-98(106-99(108-100)76-52-49-63-23-4-5-26-67(63)58-76)75-32-22-29-70(60-75)72-54-56-94-90(62-72)102(88-44-17-19-46-92(88)110-94)85-41-14-10-36-80(85)81-37-11-15-42-86(81)102/h1-62H. The van der Waals surface area contributed by atoms with Crippen LogP contribution in [0.1, 0.15) is 44.5 Å². The Balaban J connectivity index is 0.605. The predicted molar refractivity (Wildman–Crippen MR) is 440 cm³/mol. The molecule has 4 aliphatic rings. The summed E-state index contributed by atoms with van der Waals surface area (Å²) in [5.74, 6) is 6.84. The van der Waals surface area contributed by atoms with Crippen molar-refractivity contribution in [3.05, 3.63) is 421 Å². The van der Waals surface area contributed by atoms with Gasteiger partial charge in [0.1, 0.15) is 23.0 Å². The van der Waals surface area contributed by atoms with Crippen LogP contribution in [0.25, 0.3) is 146 Å². The van der Waals surface area contributed by atoms with Crippen LogP contribution in [-0.4, -0.2) is 29.9 Å². The molecule has 110 heavy (non-hydrogen) atoms. The Morgan fingerprint density at radius 1 is 0.155 bits per heavy atom. The molecule has 2 aliphatic heterocycles. The van der Waals surface area contributed by atoms with E-state index in [1.54, 1.807) is 0 Å². The second kappa shape index (κ2) is 25.0. The molecule has 18 aromatic rings. The van der Waals surface area contributed by atoms with Gasteiger partial charge in [-0.25, -0.2) is 29.9 Å². The van der Waals surface area contributed by atoms with Crippen LogP contribution in [0.15, 0.2) is 376 Å². The highest BCUT2D eigenvalue weighted by atomic mass is 16.5. The van der Waals surface area contributed by atoms with Crippen molar-refractivity contribution >= 4 is 10.8 Å². The molecule has 16 aromatic carbocycles. The van der Waals surface area contributed by atoms with E-state index in [9.17, 15) is 0 Å². The number of nitrogens with zero attached hydrogens (tertiary/aromatic N) is 6. The fourth-order valence-corrected chi connectivity index (χ4v) is 17.8. The average molecular weight is 1400 g/mol. The molecule has 8 nitrogen and oxygen atoms in total. The van der Waals surface area contributed by atoms with Gasteiger partial charge in [0, 0.05) is 55.6 Å². The Morgan fingerprint density at radius 2 is 0.455 bits per heavy atom. The third kappa shape index (κ3) is 9.86. The summed E-state index contributed by atoms with van der Waals surface area (Å²) in [5.41, 5.74) is 26.7. The molecule has 0 atom stereocenters. The maximum absolute atomic E-state index is 6.85. The zero-order chi connectivity index (χ0) is 72.4. The lowest BCUT2D eigenvalue weighted by atomic mass is 9.66. The lowest BCUT2D eigenvalue weighted by Crippen LogP contribution is -2.32. The molecule has 0 N–H and O–H groups in total. The van der Waals surface area contributed by atoms with Crippen LogP contribution in [-0.2, 0) is 10.8 Å². The quantitative estimate of drug-likeness (QED) is 0.134. The number of ether oxygens (including phenoxy) is 2. The van der Waals surface area contributed by atoms with Gasteiger partial charge in [0.25, 0.3) is 0 Å². The van der Waals surface area contributed by atoms with Crippen molar-refractivity contribution in [1.29, 1.82) is 0 Å². The van der Waals surface area contributed by atoms with Crippen LogP contribution in [0.2, 0.25) is 0 Å². The van der Waals surface area contributed by atoms with Gasteiger partial charge in [-0.3, -0.25) is 0 Å². The summed E-state index contributed by atoms with van der Waals surface area (Å²) in [4.78, 5) is 31.9. The highest BCUT2D eigenvalue weighted by molar-refractivity contribution is 5.93. The Kier molecular flexibility index (Phi) is 14.3. The molecule has 2 aliphatic carbocycles. The second-order valence-electron chi connectivity index (χ2n) is 28.7. The minimum absolute atomic E-state index is 0.563. The van der Waals surface area contributed by atoms with E-state index in [-0.39, 0.29) is 0 Å². The molecule has 512 valence electrons. The Bertz CT molecular complexity index is 6730. The predicted octanol–water partition coefficient (Wildman–Crippen LogP) is 24.8. The first-order valence-electron chi connectivity index (χ1n) is 37.3. The maximum Gasteiger partial charge on any atom is 0.164 e. The molecule has 0 amide bonds. The molecular formula is C102H62N6O2. The van der Waals surface area contributed by atoms with E-state index in [2.05, 4.69) is 346 Å². The summed E-state index contributed by atoms with van der Waals surface area (Å²) < 4.78 is 13.7. The van der Waals surface area contributed by atoms with Gasteiger partial charge in [-0.05, 0) is 160 Å². The molecule has 0 radical (unpaired) electrons.